The Hall–Kier alpha value is -8.07. The summed E-state index contributed by atoms with van der Waals surface area (Å²) < 4.78 is 29.8. The number of nitrogens with zero attached hydrogens (tertiary/aromatic N) is 6. The van der Waals surface area contributed by atoms with Gasteiger partial charge in [0.2, 0.25) is 0 Å². The molecule has 304 valence electrons. The first kappa shape index (κ1) is 46.1. The number of nitro groups is 2. The molecule has 0 aliphatic carbocycles. The van der Waals surface area contributed by atoms with E-state index in [-0.39, 0.29) is 48.8 Å². The fraction of sp³-hybridized carbons (Fsp3) is 0.270. The number of carbonyl (C=O) groups excluding carboxylic acids is 5. The number of likely N-dealkylation sites (N-methyl/N-ethyl adjacent to an activating group) is 2. The second-order valence-electron chi connectivity index (χ2n) is 11.3. The van der Waals surface area contributed by atoms with Gasteiger partial charge in [0.25, 0.3) is 23.3 Å². The van der Waals surface area contributed by atoms with Crippen molar-refractivity contribution in [1.29, 1.82) is 10.5 Å². The van der Waals surface area contributed by atoms with Gasteiger partial charge in [-0.15, -0.1) is 0 Å². The lowest BCUT2D eigenvalue weighted by molar-refractivity contribution is -0.386. The van der Waals surface area contributed by atoms with E-state index in [1.54, 1.807) is 39.8 Å². The Bertz CT molecular complexity index is 2040. The van der Waals surface area contributed by atoms with Crippen molar-refractivity contribution in [2.75, 3.05) is 26.2 Å². The molecule has 2 rings (SSSR count). The molecule has 21 nitrogen and oxygen atoms in total. The van der Waals surface area contributed by atoms with E-state index in [1.165, 1.54) is 23.6 Å². The summed E-state index contributed by atoms with van der Waals surface area (Å²) in [7, 11) is 0. The highest BCUT2D eigenvalue weighted by molar-refractivity contribution is 6.02. The average molecular weight is 805 g/mol. The second kappa shape index (κ2) is 21.1. The van der Waals surface area contributed by atoms with E-state index in [9.17, 15) is 54.7 Å². The van der Waals surface area contributed by atoms with Crippen LogP contribution in [-0.2, 0) is 19.1 Å². The molecular formula is C37H36N6O15. The van der Waals surface area contributed by atoms with E-state index in [2.05, 4.69) is 13.2 Å². The number of hydrogen-bond acceptors (Lipinski definition) is 17. The number of benzene rings is 2. The largest absolute Gasteiger partial charge is 0.520 e. The highest BCUT2D eigenvalue weighted by Gasteiger charge is 2.32. The molecule has 0 atom stereocenters. The van der Waals surface area contributed by atoms with Gasteiger partial charge in [-0.25, -0.2) is 14.4 Å². The molecule has 2 amide bonds. The Morgan fingerprint density at radius 1 is 0.638 bits per heavy atom. The monoisotopic (exact) mass is 804 g/mol. The van der Waals surface area contributed by atoms with E-state index in [1.807, 2.05) is 0 Å². The van der Waals surface area contributed by atoms with Crippen molar-refractivity contribution in [1.82, 2.24) is 9.80 Å². The third-order valence-corrected chi connectivity index (χ3v) is 7.21. The van der Waals surface area contributed by atoms with Crippen molar-refractivity contribution >= 4 is 53.8 Å². The Morgan fingerprint density at radius 3 is 1.22 bits per heavy atom. The van der Waals surface area contributed by atoms with Crippen molar-refractivity contribution in [2.24, 2.45) is 0 Å². The maximum atomic E-state index is 13.4. The van der Waals surface area contributed by atoms with Crippen LogP contribution in [0.5, 0.6) is 23.0 Å². The minimum absolute atomic E-state index is 0.198. The zero-order valence-electron chi connectivity index (χ0n) is 32.0. The van der Waals surface area contributed by atoms with E-state index < -0.39 is 85.6 Å². The molecule has 0 aliphatic heterocycles. The second-order valence-corrected chi connectivity index (χ2v) is 11.3. The van der Waals surface area contributed by atoms with Gasteiger partial charge in [0, 0.05) is 38.3 Å². The predicted molar refractivity (Wildman–Crippen MR) is 200 cm³/mol. The first-order valence-corrected chi connectivity index (χ1v) is 16.8. The Labute approximate surface area is 330 Å². The molecule has 2 aromatic rings. The smallest absolute Gasteiger partial charge is 0.400 e. The van der Waals surface area contributed by atoms with Gasteiger partial charge >= 0.3 is 29.8 Å². The molecule has 0 fully saturated rings. The minimum Gasteiger partial charge on any atom is -0.400 e. The number of ether oxygens (including phenoxy) is 6. The minimum atomic E-state index is -1.97. The van der Waals surface area contributed by atoms with Gasteiger partial charge in [0.05, 0.1) is 9.85 Å². The molecule has 0 radical (unpaired) electrons. The first-order valence-electron chi connectivity index (χ1n) is 16.8. The van der Waals surface area contributed by atoms with Gasteiger partial charge in [-0.3, -0.25) is 29.8 Å². The average Bonchev–Trinajstić information content (AvgIpc) is 3.14. The predicted octanol–water partition coefficient (Wildman–Crippen LogP) is 6.73. The van der Waals surface area contributed by atoms with Gasteiger partial charge in [-0.2, -0.15) is 10.5 Å². The van der Waals surface area contributed by atoms with Crippen LogP contribution in [0.4, 0.5) is 25.8 Å². The zero-order valence-corrected chi connectivity index (χ0v) is 32.0. The molecule has 0 saturated carbocycles. The van der Waals surface area contributed by atoms with Gasteiger partial charge in [-0.05, 0) is 77.0 Å². The Kier molecular flexibility index (Phi) is 16.8. The van der Waals surface area contributed by atoms with Gasteiger partial charge in [-0.1, -0.05) is 13.2 Å². The number of allylic oxidation sites excluding steroid dienone is 2. The van der Waals surface area contributed by atoms with Crippen molar-refractivity contribution < 1.29 is 62.2 Å². The zero-order chi connectivity index (χ0) is 43.9. The number of hydrogen-bond donors (Lipinski definition) is 0. The van der Waals surface area contributed by atoms with Crippen LogP contribution in [0.2, 0.25) is 0 Å². The third-order valence-electron chi connectivity index (χ3n) is 7.21. The highest BCUT2D eigenvalue weighted by atomic mass is 16.8. The van der Waals surface area contributed by atoms with Crippen molar-refractivity contribution in [3.8, 4) is 35.1 Å². The summed E-state index contributed by atoms with van der Waals surface area (Å²) in [6, 6.07) is 6.59. The SMILES string of the molecule is C=C(C)OC(=O)Oc1cc(C=C(C#N)C(=O)N(CC)CC)cc([N+](=O)[O-])c1OC(=O)Oc1c(OC(=O)OC(=C)C)cc(C=C(C#N)C(=O)N(CC)CC)cc1[N+](=O)[O-]. The van der Waals surface area contributed by atoms with Gasteiger partial charge in [0.1, 0.15) is 34.8 Å². The van der Waals surface area contributed by atoms with Crippen LogP contribution in [0.1, 0.15) is 52.7 Å². The summed E-state index contributed by atoms with van der Waals surface area (Å²) in [5.41, 5.74) is -3.74. The quantitative estimate of drug-likeness (QED) is 0.0323. The molecule has 58 heavy (non-hydrogen) atoms. The number of nitriles is 2. The molecule has 0 N–H and O–H groups in total. The molecule has 0 unspecified atom stereocenters. The van der Waals surface area contributed by atoms with Crippen LogP contribution in [0.15, 0.2) is 60.1 Å². The van der Waals surface area contributed by atoms with Crippen molar-refractivity contribution in [3.05, 3.63) is 91.4 Å². The van der Waals surface area contributed by atoms with Crippen molar-refractivity contribution in [2.45, 2.75) is 41.5 Å². The highest BCUT2D eigenvalue weighted by Crippen LogP contribution is 2.42. The Morgan fingerprint density at radius 2 is 0.966 bits per heavy atom. The van der Waals surface area contributed by atoms with E-state index in [0.717, 1.165) is 36.4 Å². The lowest BCUT2D eigenvalue weighted by Crippen LogP contribution is -2.31. The first-order chi connectivity index (χ1) is 27.3. The van der Waals surface area contributed by atoms with Crippen molar-refractivity contribution in [3.63, 3.8) is 0 Å². The van der Waals surface area contributed by atoms with Crippen LogP contribution in [0, 0.1) is 42.9 Å². The standard InChI is InChI=1S/C37H36N6O15/c1-9-40(10-2)33(44)25(19-38)13-23-15-27(42(49)50)31(29(17-23)55-35(46)53-21(5)6)57-37(48)58-32-28(43(51)52)16-24(18-30(32)56-36(47)54-22(7)8)14-26(20-39)34(45)41(11-3)12-4/h13-18H,5,7,9-12H2,1-4,6,8H3. The fourth-order valence-electron chi connectivity index (χ4n) is 4.68. The molecular weight excluding hydrogens is 768 g/mol. The summed E-state index contributed by atoms with van der Waals surface area (Å²) in [5, 5.41) is 44.0. The van der Waals surface area contributed by atoms with Crippen LogP contribution in [0.25, 0.3) is 12.2 Å². The summed E-state index contributed by atoms with van der Waals surface area (Å²) >= 11 is 0. The molecule has 0 spiro atoms. The van der Waals surface area contributed by atoms with E-state index in [0.29, 0.717) is 0 Å². The maximum absolute atomic E-state index is 13.4. The third kappa shape index (κ3) is 12.5. The number of nitro benzene ring substituents is 2. The van der Waals surface area contributed by atoms with Crippen LogP contribution in [0.3, 0.4) is 0 Å². The molecule has 21 heteroatoms. The van der Waals surface area contributed by atoms with E-state index in [4.69, 9.17) is 28.4 Å². The van der Waals surface area contributed by atoms with Crippen LogP contribution < -0.4 is 18.9 Å². The summed E-state index contributed by atoms with van der Waals surface area (Å²) in [4.78, 5) is 89.2. The fourth-order valence-corrected chi connectivity index (χ4v) is 4.68. The lowest BCUT2D eigenvalue weighted by Gasteiger charge is -2.18. The molecule has 0 bridgehead atoms. The normalized spacial score (nSPS) is 10.8. The lowest BCUT2D eigenvalue weighted by atomic mass is 10.1. The summed E-state index contributed by atoms with van der Waals surface area (Å²) in [5.74, 6) is -5.97. The van der Waals surface area contributed by atoms with Crippen LogP contribution in [-0.4, -0.2) is 76.1 Å². The topological polar surface area (TPSA) is 281 Å². The van der Waals surface area contributed by atoms with Gasteiger partial charge in [0.15, 0.2) is 11.5 Å². The number of amides is 2. The molecule has 0 saturated heterocycles. The molecule has 0 aromatic heterocycles. The summed E-state index contributed by atoms with van der Waals surface area (Å²) in [6.45, 7) is 16.7. The molecule has 2 aromatic carbocycles. The van der Waals surface area contributed by atoms with Crippen LogP contribution >= 0.6 is 0 Å². The molecule has 0 heterocycles. The number of rotatable bonds is 16. The van der Waals surface area contributed by atoms with Gasteiger partial charge < -0.3 is 38.2 Å². The summed E-state index contributed by atoms with van der Waals surface area (Å²) in [6.07, 6.45) is -3.18. The van der Waals surface area contributed by atoms with E-state index >= 15 is 0 Å². The number of carbonyl (C=O) groups is 5. The maximum Gasteiger partial charge on any atom is 0.520 e. The Balaban J connectivity index is 2.86. The molecule has 0 aliphatic rings.